The average molecular weight is 1000 g/mol. The first-order valence-electron chi connectivity index (χ1n) is 26.3. The van der Waals surface area contributed by atoms with Gasteiger partial charge < -0.3 is 9.13 Å². The molecule has 0 atom stereocenters. The predicted molar refractivity (Wildman–Crippen MR) is 328 cm³/mol. The molecule has 2 nitrogen and oxygen atoms in total. The summed E-state index contributed by atoms with van der Waals surface area (Å²) in [7, 11) is -5.79. The van der Waals surface area contributed by atoms with Gasteiger partial charge in [-0.15, -0.1) is 0 Å². The van der Waals surface area contributed by atoms with E-state index in [0.717, 1.165) is 11.4 Å². The highest BCUT2D eigenvalue weighted by Gasteiger charge is 2.44. The van der Waals surface area contributed by atoms with Gasteiger partial charge in [0.2, 0.25) is 0 Å². The summed E-state index contributed by atoms with van der Waals surface area (Å²) < 4.78 is 5.04. The van der Waals surface area contributed by atoms with E-state index in [1.807, 2.05) is 0 Å². The van der Waals surface area contributed by atoms with Crippen molar-refractivity contribution in [2.75, 3.05) is 0 Å². The maximum Gasteiger partial charge on any atom is 0.180 e. The molecule has 14 rings (SSSR count). The van der Waals surface area contributed by atoms with Crippen LogP contribution >= 0.6 is 0 Å². The lowest BCUT2D eigenvalue weighted by Crippen LogP contribution is -2.74. The summed E-state index contributed by atoms with van der Waals surface area (Å²) in [5.74, 6) is 0. The number of fused-ring (bicyclic) bond motifs is 6. The van der Waals surface area contributed by atoms with Crippen LogP contribution in [0.2, 0.25) is 0 Å². The molecular formula is C72H52N2Si2. The van der Waals surface area contributed by atoms with E-state index in [0.29, 0.717) is 0 Å². The van der Waals surface area contributed by atoms with Gasteiger partial charge in [0.1, 0.15) is 0 Å². The normalized spacial score (nSPS) is 11.9. The quantitative estimate of drug-likeness (QED) is 0.0903. The molecule has 0 aliphatic carbocycles. The van der Waals surface area contributed by atoms with Crippen LogP contribution in [0, 0.1) is 0 Å². The van der Waals surface area contributed by atoms with Crippen molar-refractivity contribution >= 4 is 101 Å². The summed E-state index contributed by atoms with van der Waals surface area (Å²) in [4.78, 5) is 0. The molecule has 358 valence electrons. The van der Waals surface area contributed by atoms with Crippen LogP contribution < -0.4 is 41.5 Å². The van der Waals surface area contributed by atoms with Gasteiger partial charge >= 0.3 is 0 Å². The van der Waals surface area contributed by atoms with Crippen molar-refractivity contribution in [2.45, 2.75) is 0 Å². The topological polar surface area (TPSA) is 9.86 Å². The summed E-state index contributed by atoms with van der Waals surface area (Å²) in [6, 6.07) is 118. The van der Waals surface area contributed by atoms with E-state index in [1.54, 1.807) is 0 Å². The summed E-state index contributed by atoms with van der Waals surface area (Å²) >= 11 is 0. The Hall–Kier alpha value is -9.33. The first-order valence-corrected chi connectivity index (χ1v) is 30.3. The summed E-state index contributed by atoms with van der Waals surface area (Å²) in [5, 5.41) is 15.9. The Balaban J connectivity index is 0.997. The molecular weight excluding hydrogens is 949 g/mol. The fourth-order valence-corrected chi connectivity index (χ4v) is 22.7. The highest BCUT2D eigenvalue weighted by atomic mass is 28.3. The van der Waals surface area contributed by atoms with Gasteiger partial charge in [0.15, 0.2) is 16.1 Å². The first kappa shape index (κ1) is 45.3. The first-order chi connectivity index (χ1) is 37.7. The third kappa shape index (κ3) is 7.06. The van der Waals surface area contributed by atoms with Crippen LogP contribution in [0.3, 0.4) is 0 Å². The zero-order chi connectivity index (χ0) is 50.5. The summed E-state index contributed by atoms with van der Waals surface area (Å²) in [6.45, 7) is 0. The molecule has 4 heteroatoms. The lowest BCUT2D eigenvalue weighted by atomic mass is 10.1. The van der Waals surface area contributed by atoms with Gasteiger partial charge in [-0.1, -0.05) is 273 Å². The standard InChI is InChI=1S/C72H52N2Si2/c1-7-26-53(27-8-1)54-28-23-39-62(52-54)75(56-29-9-2-10-30-56,57-31-11-3-12-32-57)61-50-48-55(49-51-61)73-65-42-21-19-40-63(65)71-67(73)44-24-45-68(71)74-66-43-22-20-41-64(66)72-69(74)46-25-47-70(72)76(58-33-13-4-14-34-58,59-35-15-5-16-36-59)60-37-17-6-18-38-60/h1-52H. The van der Waals surface area contributed by atoms with E-state index in [9.17, 15) is 0 Å². The minimum Gasteiger partial charge on any atom is -0.309 e. The molecule has 0 aliphatic heterocycles. The SMILES string of the molecule is c1ccc(-c2cccc([Si](c3ccccc3)(c3ccccc3)c3ccc(-n4c5ccccc5c5c(-n6c7ccccc7c7c([Si](c8ccccc8)(c8ccccc8)c8ccccc8)cccc76)cccc54)cc3)c2)cc1. The number of hydrogen-bond acceptors (Lipinski definition) is 0. The number of aromatic nitrogens is 2. The molecule has 12 aromatic carbocycles. The van der Waals surface area contributed by atoms with Crippen molar-refractivity contribution in [2.24, 2.45) is 0 Å². The van der Waals surface area contributed by atoms with Gasteiger partial charge in [-0.3, -0.25) is 0 Å². The number of para-hydroxylation sites is 2. The Bertz CT molecular complexity index is 4230. The van der Waals surface area contributed by atoms with Gasteiger partial charge in [-0.2, -0.15) is 0 Å². The lowest BCUT2D eigenvalue weighted by molar-refractivity contribution is 1.17. The molecule has 0 spiro atoms. The van der Waals surface area contributed by atoms with Crippen LogP contribution in [0.4, 0.5) is 0 Å². The Morgan fingerprint density at radius 3 is 1.13 bits per heavy atom. The highest BCUT2D eigenvalue weighted by molar-refractivity contribution is 7.21. The maximum absolute atomic E-state index is 2.92. The van der Waals surface area contributed by atoms with E-state index >= 15 is 0 Å². The predicted octanol–water partition coefficient (Wildman–Crippen LogP) is 12.3. The van der Waals surface area contributed by atoms with Crippen LogP contribution in [0.5, 0.6) is 0 Å². The molecule has 0 saturated carbocycles. The van der Waals surface area contributed by atoms with Crippen molar-refractivity contribution < 1.29 is 0 Å². The molecule has 0 radical (unpaired) electrons. The van der Waals surface area contributed by atoms with Gasteiger partial charge in [-0.05, 0) is 95.1 Å². The van der Waals surface area contributed by atoms with E-state index in [-0.39, 0.29) is 0 Å². The van der Waals surface area contributed by atoms with Crippen LogP contribution in [0.25, 0.3) is 66.1 Å². The second kappa shape index (κ2) is 18.9. The number of benzene rings is 12. The van der Waals surface area contributed by atoms with E-state index < -0.39 is 16.1 Å². The third-order valence-electron chi connectivity index (χ3n) is 16.0. The minimum absolute atomic E-state index is 1.13. The Labute approximate surface area is 445 Å². The van der Waals surface area contributed by atoms with Crippen molar-refractivity contribution in [1.82, 2.24) is 9.13 Å². The Morgan fingerprint density at radius 2 is 0.592 bits per heavy atom. The number of nitrogens with zero attached hydrogens (tertiary/aromatic N) is 2. The molecule has 14 aromatic rings. The van der Waals surface area contributed by atoms with Crippen LogP contribution in [-0.4, -0.2) is 25.3 Å². The molecule has 0 bridgehead atoms. The summed E-state index contributed by atoms with van der Waals surface area (Å²) in [6.07, 6.45) is 0. The van der Waals surface area contributed by atoms with E-state index in [2.05, 4.69) is 325 Å². The van der Waals surface area contributed by atoms with Gasteiger partial charge in [0, 0.05) is 27.2 Å². The van der Waals surface area contributed by atoms with Crippen LogP contribution in [0.1, 0.15) is 0 Å². The number of rotatable bonds is 11. The molecule has 2 heterocycles. The molecule has 0 fully saturated rings. The monoisotopic (exact) mass is 1000 g/mol. The van der Waals surface area contributed by atoms with Gasteiger partial charge in [0.25, 0.3) is 0 Å². The highest BCUT2D eigenvalue weighted by Crippen LogP contribution is 2.40. The lowest BCUT2D eigenvalue weighted by Gasteiger charge is -2.35. The molecule has 2 aromatic heterocycles. The largest absolute Gasteiger partial charge is 0.309 e. The average Bonchev–Trinajstić information content (AvgIpc) is 4.16. The van der Waals surface area contributed by atoms with Crippen molar-refractivity contribution in [1.29, 1.82) is 0 Å². The fourth-order valence-electron chi connectivity index (χ4n) is 12.9. The Kier molecular flexibility index (Phi) is 11.2. The van der Waals surface area contributed by atoms with E-state index in [4.69, 9.17) is 0 Å². The molecule has 0 saturated heterocycles. The zero-order valence-corrected chi connectivity index (χ0v) is 43.9. The maximum atomic E-state index is 2.56. The van der Waals surface area contributed by atoms with E-state index in [1.165, 1.54) is 96.2 Å². The molecule has 0 amide bonds. The number of hydrogen-bond donors (Lipinski definition) is 0. The Morgan fingerprint density at radius 1 is 0.224 bits per heavy atom. The van der Waals surface area contributed by atoms with Gasteiger partial charge in [-0.25, -0.2) is 0 Å². The van der Waals surface area contributed by atoms with Crippen molar-refractivity contribution in [3.05, 3.63) is 315 Å². The fraction of sp³-hybridized carbons (Fsp3) is 0. The zero-order valence-electron chi connectivity index (χ0n) is 41.9. The van der Waals surface area contributed by atoms with Crippen LogP contribution in [0.15, 0.2) is 315 Å². The second-order valence-electron chi connectivity index (χ2n) is 19.9. The van der Waals surface area contributed by atoms with Crippen LogP contribution in [-0.2, 0) is 0 Å². The molecule has 76 heavy (non-hydrogen) atoms. The van der Waals surface area contributed by atoms with Crippen molar-refractivity contribution in [3.8, 4) is 22.5 Å². The second-order valence-corrected chi connectivity index (χ2v) is 27.5. The molecule has 0 unspecified atom stereocenters. The molecule has 0 N–H and O–H groups in total. The van der Waals surface area contributed by atoms with Gasteiger partial charge in [0.05, 0.1) is 27.8 Å². The molecule has 0 aliphatic rings. The minimum atomic E-state index is -2.92. The summed E-state index contributed by atoms with van der Waals surface area (Å²) in [5.41, 5.74) is 9.47. The van der Waals surface area contributed by atoms with Crippen molar-refractivity contribution in [3.63, 3.8) is 0 Å². The third-order valence-corrected chi connectivity index (χ3v) is 25.6. The smallest absolute Gasteiger partial charge is 0.180 e.